The topological polar surface area (TPSA) is 75.6 Å². The lowest BCUT2D eigenvalue weighted by Crippen LogP contribution is -2.62. The molecule has 0 bridgehead atoms. The number of sulfonamides is 1. The van der Waals surface area contributed by atoms with E-state index < -0.39 is 10.0 Å². The van der Waals surface area contributed by atoms with Crippen molar-refractivity contribution >= 4 is 10.0 Å². The molecular formula is C10H21NO4S. The summed E-state index contributed by atoms with van der Waals surface area (Å²) in [6, 6.07) is -0.0967. The van der Waals surface area contributed by atoms with Crippen LogP contribution in [0.15, 0.2) is 0 Å². The highest BCUT2D eigenvalue weighted by atomic mass is 32.2. The van der Waals surface area contributed by atoms with Crippen molar-refractivity contribution in [2.24, 2.45) is 5.41 Å². The van der Waals surface area contributed by atoms with E-state index in [0.29, 0.717) is 13.0 Å². The number of hydrogen-bond acceptors (Lipinski definition) is 4. The molecule has 2 N–H and O–H groups in total. The Labute approximate surface area is 97.2 Å². The molecule has 1 aliphatic carbocycles. The maximum Gasteiger partial charge on any atom is 0.214 e. The monoisotopic (exact) mass is 251 g/mol. The third-order valence-electron chi connectivity index (χ3n) is 3.23. The van der Waals surface area contributed by atoms with Gasteiger partial charge in [-0.1, -0.05) is 13.8 Å². The summed E-state index contributed by atoms with van der Waals surface area (Å²) >= 11 is 0. The van der Waals surface area contributed by atoms with Crippen molar-refractivity contribution in [3.05, 3.63) is 0 Å². The summed E-state index contributed by atoms with van der Waals surface area (Å²) in [6.07, 6.45) is 0.810. The van der Waals surface area contributed by atoms with Crippen LogP contribution in [0.25, 0.3) is 0 Å². The average molecular weight is 251 g/mol. The molecule has 0 radical (unpaired) electrons. The molecule has 0 aromatic carbocycles. The van der Waals surface area contributed by atoms with Crippen molar-refractivity contribution in [1.29, 1.82) is 0 Å². The van der Waals surface area contributed by atoms with Gasteiger partial charge in [-0.2, -0.15) is 0 Å². The molecule has 0 heterocycles. The van der Waals surface area contributed by atoms with Gasteiger partial charge < -0.3 is 9.84 Å². The molecule has 1 saturated carbocycles. The van der Waals surface area contributed by atoms with Crippen LogP contribution < -0.4 is 4.72 Å². The Hall–Kier alpha value is -0.170. The minimum atomic E-state index is -3.36. The van der Waals surface area contributed by atoms with Gasteiger partial charge in [0.1, 0.15) is 0 Å². The van der Waals surface area contributed by atoms with E-state index in [1.54, 1.807) is 0 Å². The molecule has 96 valence electrons. The number of aliphatic hydroxyl groups is 1. The summed E-state index contributed by atoms with van der Waals surface area (Å²) in [7, 11) is -3.36. The molecule has 0 spiro atoms. The van der Waals surface area contributed by atoms with Crippen molar-refractivity contribution in [2.45, 2.75) is 39.3 Å². The molecule has 1 fully saturated rings. The molecule has 0 aromatic heterocycles. The molecule has 1 rings (SSSR count). The highest BCUT2D eigenvalue weighted by Gasteiger charge is 2.50. The zero-order chi connectivity index (χ0) is 12.4. The summed E-state index contributed by atoms with van der Waals surface area (Å²) in [5, 5.41) is 8.63. The van der Waals surface area contributed by atoms with Gasteiger partial charge in [-0.25, -0.2) is 13.1 Å². The van der Waals surface area contributed by atoms with Crippen LogP contribution in [-0.2, 0) is 14.8 Å². The van der Waals surface area contributed by atoms with E-state index in [4.69, 9.17) is 9.84 Å². The Balaban J connectivity index is 2.54. The number of rotatable bonds is 6. The van der Waals surface area contributed by atoms with Crippen LogP contribution in [0.4, 0.5) is 0 Å². The Morgan fingerprint density at radius 2 is 2.12 bits per heavy atom. The van der Waals surface area contributed by atoms with Crippen molar-refractivity contribution in [3.8, 4) is 0 Å². The minimum Gasteiger partial charge on any atom is -0.395 e. The third kappa shape index (κ3) is 2.94. The third-order valence-corrected chi connectivity index (χ3v) is 4.59. The van der Waals surface area contributed by atoms with E-state index in [-0.39, 0.29) is 29.9 Å². The van der Waals surface area contributed by atoms with E-state index in [9.17, 15) is 8.42 Å². The highest BCUT2D eigenvalue weighted by molar-refractivity contribution is 7.89. The highest BCUT2D eigenvalue weighted by Crippen LogP contribution is 2.42. The fourth-order valence-electron chi connectivity index (χ4n) is 1.97. The lowest BCUT2D eigenvalue weighted by molar-refractivity contribution is -0.108. The molecule has 1 aliphatic rings. The summed E-state index contributed by atoms with van der Waals surface area (Å²) in [6.45, 7) is 6.20. The molecule has 0 saturated heterocycles. The zero-order valence-electron chi connectivity index (χ0n) is 10.1. The van der Waals surface area contributed by atoms with Crippen molar-refractivity contribution in [2.75, 3.05) is 19.0 Å². The smallest absolute Gasteiger partial charge is 0.214 e. The van der Waals surface area contributed by atoms with E-state index in [0.717, 1.165) is 0 Å². The number of hydrogen-bond donors (Lipinski definition) is 2. The Kier molecular flexibility index (Phi) is 4.34. The number of ether oxygens (including phenoxy) is 1. The Bertz CT molecular complexity index is 326. The predicted molar refractivity (Wildman–Crippen MR) is 61.6 cm³/mol. The lowest BCUT2D eigenvalue weighted by atomic mass is 9.65. The quantitative estimate of drug-likeness (QED) is 0.702. The van der Waals surface area contributed by atoms with E-state index in [1.165, 1.54) is 0 Å². The molecule has 5 nitrogen and oxygen atoms in total. The van der Waals surface area contributed by atoms with Gasteiger partial charge in [0.05, 0.1) is 18.5 Å². The average Bonchev–Trinajstić information content (AvgIpc) is 2.16. The first-order valence-corrected chi connectivity index (χ1v) is 7.21. The van der Waals surface area contributed by atoms with Gasteiger partial charge in [-0.15, -0.1) is 0 Å². The van der Waals surface area contributed by atoms with Crippen molar-refractivity contribution in [3.63, 3.8) is 0 Å². The molecule has 16 heavy (non-hydrogen) atoms. The van der Waals surface area contributed by atoms with Crippen molar-refractivity contribution < 1.29 is 18.3 Å². The summed E-state index contributed by atoms with van der Waals surface area (Å²) in [4.78, 5) is 0. The van der Waals surface area contributed by atoms with Gasteiger partial charge in [0.25, 0.3) is 0 Å². The fraction of sp³-hybridized carbons (Fsp3) is 1.00. The van der Waals surface area contributed by atoms with Crippen LogP contribution in [0.5, 0.6) is 0 Å². The minimum absolute atomic E-state index is 0.0967. The van der Waals surface area contributed by atoms with E-state index in [1.807, 2.05) is 20.8 Å². The van der Waals surface area contributed by atoms with Gasteiger partial charge >= 0.3 is 0 Å². The molecule has 2 atom stereocenters. The molecule has 0 aromatic rings. The van der Waals surface area contributed by atoms with Gasteiger partial charge in [0, 0.05) is 18.1 Å². The van der Waals surface area contributed by atoms with Crippen LogP contribution in [0, 0.1) is 5.41 Å². The maximum absolute atomic E-state index is 11.5. The summed E-state index contributed by atoms with van der Waals surface area (Å²) < 4.78 is 31.1. The first-order chi connectivity index (χ1) is 7.33. The first-order valence-electron chi connectivity index (χ1n) is 5.56. The molecule has 0 amide bonds. The second-order valence-corrected chi connectivity index (χ2v) is 6.59. The molecule has 0 aliphatic heterocycles. The summed E-state index contributed by atoms with van der Waals surface area (Å²) in [5.74, 6) is -0.237. The van der Waals surface area contributed by atoms with E-state index in [2.05, 4.69) is 4.72 Å². The zero-order valence-corrected chi connectivity index (χ0v) is 10.9. The van der Waals surface area contributed by atoms with Crippen molar-refractivity contribution in [1.82, 2.24) is 4.72 Å². The van der Waals surface area contributed by atoms with Crippen LogP contribution in [-0.4, -0.2) is 44.6 Å². The maximum atomic E-state index is 11.5. The van der Waals surface area contributed by atoms with Gasteiger partial charge in [0.15, 0.2) is 0 Å². The lowest BCUT2D eigenvalue weighted by Gasteiger charge is -2.51. The second-order valence-electron chi connectivity index (χ2n) is 4.71. The summed E-state index contributed by atoms with van der Waals surface area (Å²) in [5.41, 5.74) is -0.182. The van der Waals surface area contributed by atoms with Crippen LogP contribution in [0.3, 0.4) is 0 Å². The molecule has 2 unspecified atom stereocenters. The Morgan fingerprint density at radius 3 is 2.56 bits per heavy atom. The van der Waals surface area contributed by atoms with Gasteiger partial charge in [-0.05, 0) is 13.3 Å². The largest absolute Gasteiger partial charge is 0.395 e. The van der Waals surface area contributed by atoms with Crippen LogP contribution in [0.2, 0.25) is 0 Å². The van der Waals surface area contributed by atoms with Gasteiger partial charge in [-0.3, -0.25) is 0 Å². The predicted octanol–water partition coefficient (Wildman–Crippen LogP) is 0.102. The number of aliphatic hydroxyl groups excluding tert-OH is 1. The number of nitrogens with one attached hydrogen (secondary N) is 1. The van der Waals surface area contributed by atoms with Gasteiger partial charge in [0.2, 0.25) is 10.0 Å². The first kappa shape index (κ1) is 13.9. The molecule has 6 heteroatoms. The van der Waals surface area contributed by atoms with E-state index >= 15 is 0 Å². The normalized spacial score (nSPS) is 28.8. The Morgan fingerprint density at radius 1 is 1.50 bits per heavy atom. The van der Waals surface area contributed by atoms with Crippen LogP contribution in [0.1, 0.15) is 27.2 Å². The van der Waals surface area contributed by atoms with Crippen LogP contribution >= 0.6 is 0 Å². The standard InChI is InChI=1S/C10H21NO4S/c1-4-15-9-7-8(10(9,2)3)11-16(13,14)6-5-12/h8-9,11-12H,4-7H2,1-3H3. The molecular weight excluding hydrogens is 230 g/mol. The fourth-order valence-corrected chi connectivity index (χ4v) is 3.16. The second kappa shape index (κ2) is 5.00. The SMILES string of the molecule is CCOC1CC(NS(=O)(=O)CCO)C1(C)C.